The standard InChI is InChI=1S/6C19H39NS2.Mo.6OS/c6*1-2-3-4-5-6-7-8-9-10-11-12-13-14-15-16-17-18-20-19(21)22;;6*1-2/h6*2-18H2,1H3,(H2,20,21,22);;;;;;;/p-6. The molecule has 0 spiro atoms. The van der Waals surface area contributed by atoms with Gasteiger partial charge in [-0.3, -0.25) is 0 Å². The molecule has 0 aromatic carbocycles. The molecule has 0 radical (unpaired) electrons. The van der Waals surface area contributed by atoms with Crippen molar-refractivity contribution < 1.29 is 46.3 Å². The summed E-state index contributed by atoms with van der Waals surface area (Å²) < 4.78 is 50.1. The van der Waals surface area contributed by atoms with E-state index in [-0.39, 0.29) is 21.1 Å². The maximum absolute atomic E-state index is 7.83. The van der Waals surface area contributed by atoms with Crippen LogP contribution in [0.3, 0.4) is 0 Å². The number of hydrogen-bond acceptors (Lipinski definition) is 24. The molecule has 0 aromatic rings. The Hall–Kier alpha value is 1.47. The number of rotatable bonds is 102. The first-order valence-electron chi connectivity index (χ1n) is 59.3. The minimum absolute atomic E-state index is 0. The summed E-state index contributed by atoms with van der Waals surface area (Å²) in [6.07, 6.45) is 135. The van der Waals surface area contributed by atoms with Gasteiger partial charge in [-0.15, -0.1) is 0 Å². The third-order valence-corrected chi connectivity index (χ3v) is 27.5. The van der Waals surface area contributed by atoms with Gasteiger partial charge < -0.3 is 181 Å². The molecule has 0 aliphatic rings. The molecule has 0 saturated carbocycles. The summed E-state index contributed by atoms with van der Waals surface area (Å²) in [6.45, 7) is 19.5. The van der Waals surface area contributed by atoms with Gasteiger partial charge >= 0.3 is 0 Å². The molecule has 0 saturated heterocycles. The molecule has 870 valence electrons. The van der Waals surface area contributed by atoms with Crippen LogP contribution in [-0.2, 0) is 172 Å². The van der Waals surface area contributed by atoms with Gasteiger partial charge in [0.2, 0.25) is 0 Å². The van der Waals surface area contributed by atoms with Crippen LogP contribution in [0.15, 0.2) is 0 Å². The van der Waals surface area contributed by atoms with Crippen LogP contribution in [0.2, 0.25) is 0 Å². The molecule has 31 heteroatoms. The molecule has 6 N–H and O–H groups in total. The average molecular weight is 2450 g/mol. The molecule has 0 rings (SSSR count). The summed E-state index contributed by atoms with van der Waals surface area (Å²) in [7, 11) is 0. The Bertz CT molecular complexity index is 1910. The largest absolute Gasteiger partial charge is 0.412 e. The normalized spacial score (nSPS) is 9.97. The first-order chi connectivity index (χ1) is 70.6. The molecule has 145 heavy (non-hydrogen) atoms. The van der Waals surface area contributed by atoms with Crippen molar-refractivity contribution >= 4 is 250 Å². The second kappa shape index (κ2) is 187. The summed E-state index contributed by atoms with van der Waals surface area (Å²) in [5.74, 6) is 0. The zero-order chi connectivity index (χ0) is 110. The van der Waals surface area contributed by atoms with Gasteiger partial charge in [0.05, 0.1) is 0 Å². The first kappa shape index (κ1) is 174. The van der Waals surface area contributed by atoms with Crippen LogP contribution in [0.25, 0.3) is 0 Å². The Morgan fingerprint density at radius 2 is 0.166 bits per heavy atom. The number of thiocarbonyl (C=S) groups is 6. The molecular weight excluding hydrogens is 2220 g/mol. The SMILES string of the molecule is CCCCCCCCCCCCCCCCCCNC(=S)[S-].CCCCCCCCCCCCCCCCCCNC(=S)[S-].CCCCCCCCCCCCCCCCCCNC(=S)[S-].CCCCCCCCCCCCCCCCCCNC(=S)[S-].CCCCCCCCCCCCCCCCCCNC(=S)[S-].CCCCCCCCCCCCCCCCCCNC(=S)[S-].O=S.O=S.O=S.O=S.O=S.O=S.[Mo]. The molecule has 0 aliphatic heterocycles. The molecule has 12 nitrogen and oxygen atoms in total. The van der Waals surface area contributed by atoms with E-state index >= 15 is 0 Å². The topological polar surface area (TPSA) is 175 Å². The Morgan fingerprint density at radius 1 is 0.117 bits per heavy atom. The average Bonchev–Trinajstić information content (AvgIpc) is 1.20. The number of unbranched alkanes of at least 4 members (excludes halogenated alkanes) is 90. The van der Waals surface area contributed by atoms with Crippen LogP contribution >= 0.6 is 73.3 Å². The smallest absolute Gasteiger partial charge is 0.197 e. The van der Waals surface area contributed by atoms with Gasteiger partial charge in [0.1, 0.15) is 0 Å². The van der Waals surface area contributed by atoms with Crippen LogP contribution in [0.1, 0.15) is 658 Å². The van der Waals surface area contributed by atoms with E-state index in [1.807, 2.05) is 0 Å². The summed E-state index contributed by atoms with van der Waals surface area (Å²) >= 11 is 74.7. The fourth-order valence-corrected chi connectivity index (χ4v) is 18.4. The van der Waals surface area contributed by atoms with Gasteiger partial charge in [0.25, 0.3) is 0 Å². The Kier molecular flexibility index (Phi) is 224. The van der Waals surface area contributed by atoms with E-state index in [0.717, 1.165) is 39.3 Å². The molecule has 0 unspecified atom stereocenters. The molecule has 0 fully saturated rings. The fraction of sp³-hybridized carbons (Fsp3) is 0.947. The summed E-state index contributed by atoms with van der Waals surface area (Å²) in [4.78, 5) is 0. The van der Waals surface area contributed by atoms with Crippen molar-refractivity contribution in [3.8, 4) is 0 Å². The van der Waals surface area contributed by atoms with Crippen LogP contribution in [0.5, 0.6) is 0 Å². The second-order valence-corrected chi connectivity index (χ2v) is 45.6. The zero-order valence-corrected chi connectivity index (χ0v) is 111. The third-order valence-electron chi connectivity index (χ3n) is 25.8. The van der Waals surface area contributed by atoms with Crippen molar-refractivity contribution in [3.63, 3.8) is 0 Å². The predicted molar refractivity (Wildman–Crippen MR) is 694 cm³/mol. The van der Waals surface area contributed by atoms with Crippen LogP contribution in [0.4, 0.5) is 0 Å². The van der Waals surface area contributed by atoms with E-state index in [1.54, 1.807) is 0 Å². The van der Waals surface area contributed by atoms with Crippen molar-refractivity contribution in [2.24, 2.45) is 0 Å². The molecule has 0 amide bonds. The summed E-state index contributed by atoms with van der Waals surface area (Å²) in [6, 6.07) is 0. The van der Waals surface area contributed by atoms with E-state index in [4.69, 9.17) is 174 Å². The second-order valence-electron chi connectivity index (χ2n) is 39.1. The van der Waals surface area contributed by atoms with Crippen LogP contribution < -0.4 is 31.9 Å². The summed E-state index contributed by atoms with van der Waals surface area (Å²) in [5.41, 5.74) is 0. The molecule has 0 bridgehead atoms. The third kappa shape index (κ3) is 225. The van der Waals surface area contributed by atoms with Crippen molar-refractivity contribution in [2.75, 3.05) is 39.3 Å². The maximum Gasteiger partial charge on any atom is 0.197 e. The maximum atomic E-state index is 7.83. The van der Waals surface area contributed by atoms with Gasteiger partial charge in [-0.2, -0.15) is 25.3 Å². The van der Waals surface area contributed by atoms with Crippen LogP contribution in [0, 0.1) is 0 Å². The number of nitrogens with one attached hydrogen (secondary N) is 6. The minimum atomic E-state index is 0. The quantitative estimate of drug-likeness (QED) is 0.0147. The fourth-order valence-electron chi connectivity index (χ4n) is 17.2. The molecule has 0 aliphatic carbocycles. The molecule has 0 heterocycles. The van der Waals surface area contributed by atoms with E-state index in [1.165, 1.54) is 616 Å². The van der Waals surface area contributed by atoms with E-state index < -0.39 is 0 Å². The van der Waals surface area contributed by atoms with Crippen molar-refractivity contribution in [1.82, 2.24) is 31.9 Å². The van der Waals surface area contributed by atoms with Crippen LogP contribution in [-0.4, -0.2) is 90.4 Å². The predicted octanol–water partition coefficient (Wildman–Crippen LogP) is 38.0. The van der Waals surface area contributed by atoms with E-state index in [0.29, 0.717) is 25.9 Å². The Balaban J connectivity index is -0.000000128. The Labute approximate surface area is 1010 Å². The number of hydrogen-bond donors (Lipinski definition) is 6. The van der Waals surface area contributed by atoms with E-state index in [2.05, 4.69) is 149 Å². The van der Waals surface area contributed by atoms with E-state index in [9.17, 15) is 0 Å². The molecule has 0 aromatic heterocycles. The Morgan fingerprint density at radius 3 is 0.214 bits per heavy atom. The van der Waals surface area contributed by atoms with Gasteiger partial charge in [0.15, 0.2) is 75.2 Å². The van der Waals surface area contributed by atoms with Crippen molar-refractivity contribution in [1.29, 1.82) is 0 Å². The monoisotopic (exact) mass is 2450 g/mol. The molecule has 0 atom stereocenters. The minimum Gasteiger partial charge on any atom is -0.412 e. The van der Waals surface area contributed by atoms with Gasteiger partial charge in [-0.25, -0.2) is 0 Å². The zero-order valence-electron chi connectivity index (χ0n) is 94.3. The first-order valence-corrected chi connectivity index (χ1v) is 66.2. The van der Waals surface area contributed by atoms with Crippen molar-refractivity contribution in [3.05, 3.63) is 0 Å². The van der Waals surface area contributed by atoms with Gasteiger partial charge in [-0.1, -0.05) is 645 Å². The van der Waals surface area contributed by atoms with Crippen molar-refractivity contribution in [2.45, 2.75) is 658 Å². The van der Waals surface area contributed by atoms with Gasteiger partial charge in [0, 0.05) is 60.3 Å². The summed E-state index contributed by atoms with van der Waals surface area (Å²) in [5, 5.41) is 18.2. The van der Waals surface area contributed by atoms with Gasteiger partial charge in [-0.05, 0) is 38.5 Å². The molecular formula is C114H228MoN6O6S18-6.